The van der Waals surface area contributed by atoms with Crippen LogP contribution in [-0.4, -0.2) is 24.5 Å². The number of nitrogens with zero attached hydrogens (tertiary/aromatic N) is 1. The molecule has 0 amide bonds. The van der Waals surface area contributed by atoms with Crippen LogP contribution in [0.15, 0.2) is 47.5 Å². The molecule has 0 atom stereocenters. The van der Waals surface area contributed by atoms with E-state index in [1.165, 1.54) is 28.1 Å². The Labute approximate surface area is 149 Å². The van der Waals surface area contributed by atoms with Gasteiger partial charge in [0.15, 0.2) is 0 Å². The predicted octanol–water partition coefficient (Wildman–Crippen LogP) is 3.86. The average molecular weight is 334 g/mol. The molecule has 4 nitrogen and oxygen atoms in total. The third-order valence-electron chi connectivity index (χ3n) is 5.27. The molecule has 1 saturated heterocycles. The van der Waals surface area contributed by atoms with Crippen molar-refractivity contribution < 1.29 is 0 Å². The smallest absolute Gasteiger partial charge is 0.127 e. The fraction of sp³-hybridized carbons (Fsp3) is 0.381. The van der Waals surface area contributed by atoms with Crippen molar-refractivity contribution in [2.45, 2.75) is 38.8 Å². The first-order valence-corrected chi connectivity index (χ1v) is 9.12. The van der Waals surface area contributed by atoms with Gasteiger partial charge in [-0.1, -0.05) is 36.4 Å². The molecule has 2 aliphatic heterocycles. The Morgan fingerprint density at radius 3 is 2.56 bits per heavy atom. The second kappa shape index (κ2) is 6.52. The molecule has 130 valence electrons. The van der Waals surface area contributed by atoms with Crippen LogP contribution in [0, 0.1) is 13.8 Å². The Bertz CT molecular complexity index is 789. The highest BCUT2D eigenvalue weighted by atomic mass is 15.2. The van der Waals surface area contributed by atoms with Crippen LogP contribution < -0.4 is 16.0 Å². The van der Waals surface area contributed by atoms with Crippen LogP contribution in [0.3, 0.4) is 0 Å². The molecule has 2 aromatic rings. The first kappa shape index (κ1) is 16.2. The fourth-order valence-corrected chi connectivity index (χ4v) is 3.95. The number of nitrogens with one attached hydrogen (secondary N) is 3. The van der Waals surface area contributed by atoms with E-state index in [2.05, 4.69) is 66.2 Å². The third kappa shape index (κ3) is 3.14. The van der Waals surface area contributed by atoms with E-state index in [9.17, 15) is 0 Å². The Hall–Kier alpha value is -2.33. The summed E-state index contributed by atoms with van der Waals surface area (Å²) in [4.78, 5) is 5.01. The van der Waals surface area contributed by atoms with Gasteiger partial charge in [-0.3, -0.25) is 4.99 Å². The lowest BCUT2D eigenvalue weighted by Gasteiger charge is -2.44. The summed E-state index contributed by atoms with van der Waals surface area (Å²) < 4.78 is 0. The average Bonchev–Trinajstić information content (AvgIpc) is 2.61. The molecule has 4 heteroatoms. The molecule has 2 heterocycles. The molecule has 0 unspecified atom stereocenters. The standard InChI is InChI=1S/C21H26N4/c1-15-12-16(2)19-18(13-15)25-21(8-10-22-11-9-21)20(24-19)23-14-17-6-4-3-5-7-17/h3-7,12-13,22,25H,8-11,14H2,1-2H3,(H,23,24). The van der Waals surface area contributed by atoms with Gasteiger partial charge >= 0.3 is 0 Å². The van der Waals surface area contributed by atoms with E-state index in [0.717, 1.165) is 31.8 Å². The molecular formula is C21H26N4. The van der Waals surface area contributed by atoms with Crippen molar-refractivity contribution in [3.63, 3.8) is 0 Å². The fourth-order valence-electron chi connectivity index (χ4n) is 3.95. The summed E-state index contributed by atoms with van der Waals surface area (Å²) in [7, 11) is 0. The second-order valence-electron chi connectivity index (χ2n) is 7.24. The van der Waals surface area contributed by atoms with Gasteiger partial charge in [0.2, 0.25) is 0 Å². The largest absolute Gasteiger partial charge is 0.371 e. The molecule has 0 saturated carbocycles. The lowest BCUT2D eigenvalue weighted by molar-refractivity contribution is 0.419. The van der Waals surface area contributed by atoms with E-state index >= 15 is 0 Å². The zero-order valence-electron chi connectivity index (χ0n) is 15.0. The summed E-state index contributed by atoms with van der Waals surface area (Å²) in [5.74, 6) is 1.08. The van der Waals surface area contributed by atoms with E-state index in [0.29, 0.717) is 6.54 Å². The van der Waals surface area contributed by atoms with Crippen molar-refractivity contribution in [1.82, 2.24) is 5.32 Å². The molecule has 3 N–H and O–H groups in total. The number of hydrogen-bond acceptors (Lipinski definition) is 3. The van der Waals surface area contributed by atoms with Crippen LogP contribution in [0.25, 0.3) is 0 Å². The Morgan fingerprint density at radius 2 is 1.80 bits per heavy atom. The molecule has 0 aliphatic carbocycles. The summed E-state index contributed by atoms with van der Waals surface area (Å²) in [6, 6.07) is 14.9. The van der Waals surface area contributed by atoms with Crippen molar-refractivity contribution in [2.24, 2.45) is 4.99 Å². The van der Waals surface area contributed by atoms with E-state index in [-0.39, 0.29) is 5.54 Å². The number of aryl methyl sites for hydroxylation is 2. The lowest BCUT2D eigenvalue weighted by atomic mass is 9.84. The SMILES string of the molecule is Cc1cc(C)c2c(c1)NC1(CCNCC1)C(=NCc1ccccc1)N2. The summed E-state index contributed by atoms with van der Waals surface area (Å²) in [5.41, 5.74) is 6.08. The maximum Gasteiger partial charge on any atom is 0.127 e. The number of rotatable bonds is 2. The topological polar surface area (TPSA) is 48.5 Å². The van der Waals surface area contributed by atoms with E-state index in [4.69, 9.17) is 4.99 Å². The van der Waals surface area contributed by atoms with Gasteiger partial charge in [-0.25, -0.2) is 0 Å². The van der Waals surface area contributed by atoms with Crippen LogP contribution in [0.4, 0.5) is 11.4 Å². The van der Waals surface area contributed by atoms with Gasteiger partial charge in [-0.05, 0) is 62.5 Å². The zero-order valence-corrected chi connectivity index (χ0v) is 15.0. The highest BCUT2D eigenvalue weighted by Gasteiger charge is 2.41. The van der Waals surface area contributed by atoms with Crippen molar-refractivity contribution in [3.05, 3.63) is 59.2 Å². The van der Waals surface area contributed by atoms with Crippen LogP contribution in [0.5, 0.6) is 0 Å². The normalized spacial score (nSPS) is 20.0. The maximum atomic E-state index is 5.01. The lowest BCUT2D eigenvalue weighted by Crippen LogP contribution is -2.58. The minimum absolute atomic E-state index is 0.0900. The van der Waals surface area contributed by atoms with Gasteiger partial charge in [0, 0.05) is 0 Å². The number of aliphatic imine (C=N–C) groups is 1. The van der Waals surface area contributed by atoms with Gasteiger partial charge in [0.25, 0.3) is 0 Å². The maximum absolute atomic E-state index is 5.01. The predicted molar refractivity (Wildman–Crippen MR) is 106 cm³/mol. The third-order valence-corrected chi connectivity index (χ3v) is 5.27. The number of piperidine rings is 1. The first-order valence-electron chi connectivity index (χ1n) is 9.12. The number of hydrogen-bond donors (Lipinski definition) is 3. The van der Waals surface area contributed by atoms with Gasteiger partial charge < -0.3 is 16.0 Å². The molecular weight excluding hydrogens is 308 g/mol. The highest BCUT2D eigenvalue weighted by Crippen LogP contribution is 2.38. The zero-order chi connectivity index (χ0) is 17.3. The molecule has 1 fully saturated rings. The summed E-state index contributed by atoms with van der Waals surface area (Å²) in [6.07, 6.45) is 2.08. The van der Waals surface area contributed by atoms with Crippen molar-refractivity contribution >= 4 is 17.2 Å². The summed E-state index contributed by atoms with van der Waals surface area (Å²) >= 11 is 0. The van der Waals surface area contributed by atoms with Gasteiger partial charge in [-0.15, -0.1) is 0 Å². The van der Waals surface area contributed by atoms with Gasteiger partial charge in [-0.2, -0.15) is 0 Å². The monoisotopic (exact) mass is 334 g/mol. The van der Waals surface area contributed by atoms with E-state index < -0.39 is 0 Å². The second-order valence-corrected chi connectivity index (χ2v) is 7.24. The van der Waals surface area contributed by atoms with Crippen LogP contribution in [-0.2, 0) is 6.54 Å². The minimum atomic E-state index is -0.0900. The van der Waals surface area contributed by atoms with Gasteiger partial charge in [0.1, 0.15) is 5.84 Å². The van der Waals surface area contributed by atoms with Crippen LogP contribution >= 0.6 is 0 Å². The van der Waals surface area contributed by atoms with Crippen molar-refractivity contribution in [3.8, 4) is 0 Å². The Kier molecular flexibility index (Phi) is 4.22. The molecule has 0 radical (unpaired) electrons. The molecule has 0 bridgehead atoms. The van der Waals surface area contributed by atoms with Crippen LogP contribution in [0.1, 0.15) is 29.5 Å². The Morgan fingerprint density at radius 1 is 1.04 bits per heavy atom. The summed E-state index contributed by atoms with van der Waals surface area (Å²) in [6.45, 7) is 7.05. The minimum Gasteiger partial charge on any atom is -0.371 e. The molecule has 25 heavy (non-hydrogen) atoms. The number of fused-ring (bicyclic) bond motifs is 1. The van der Waals surface area contributed by atoms with E-state index in [1.807, 2.05) is 6.07 Å². The highest BCUT2D eigenvalue weighted by molar-refractivity contribution is 6.10. The number of anilines is 2. The molecule has 1 spiro atoms. The molecule has 0 aromatic heterocycles. The number of benzene rings is 2. The number of amidine groups is 1. The molecule has 2 aromatic carbocycles. The first-order chi connectivity index (χ1) is 12.2. The van der Waals surface area contributed by atoms with Crippen molar-refractivity contribution in [2.75, 3.05) is 23.7 Å². The Balaban J connectivity index is 1.72. The van der Waals surface area contributed by atoms with Crippen LogP contribution in [0.2, 0.25) is 0 Å². The molecule has 4 rings (SSSR count). The quantitative estimate of drug-likeness (QED) is 0.781. The molecule has 2 aliphatic rings. The van der Waals surface area contributed by atoms with Crippen molar-refractivity contribution in [1.29, 1.82) is 0 Å². The van der Waals surface area contributed by atoms with E-state index in [1.54, 1.807) is 0 Å². The summed E-state index contributed by atoms with van der Waals surface area (Å²) in [5, 5.41) is 11.0. The van der Waals surface area contributed by atoms with Gasteiger partial charge in [0.05, 0.1) is 23.5 Å².